The molecule has 0 saturated heterocycles. The van der Waals surface area contributed by atoms with E-state index in [9.17, 15) is 0 Å². The van der Waals surface area contributed by atoms with Gasteiger partial charge in [-0.1, -0.05) is 60.7 Å². The van der Waals surface area contributed by atoms with Crippen LogP contribution in [-0.2, 0) is 0 Å². The molecule has 0 N–H and O–H groups in total. The van der Waals surface area contributed by atoms with Crippen molar-refractivity contribution < 1.29 is 4.74 Å². The summed E-state index contributed by atoms with van der Waals surface area (Å²) < 4.78 is 6.27. The number of rotatable bonds is 1. The number of fused-ring (bicyclic) bond motifs is 6. The van der Waals surface area contributed by atoms with Gasteiger partial charge in [-0.15, -0.1) is 11.6 Å². The smallest absolute Gasteiger partial charge is 0.131 e. The van der Waals surface area contributed by atoms with Crippen LogP contribution >= 0.6 is 11.6 Å². The zero-order valence-electron chi connectivity index (χ0n) is 13.0. The molecule has 0 amide bonds. The molecule has 0 spiro atoms. The lowest BCUT2D eigenvalue weighted by molar-refractivity contribution is 0.453. The average Bonchev–Trinajstić information content (AvgIpc) is 2.65. The van der Waals surface area contributed by atoms with Crippen molar-refractivity contribution in [3.8, 4) is 11.5 Å². The Labute approximate surface area is 145 Å². The van der Waals surface area contributed by atoms with Crippen molar-refractivity contribution in [2.24, 2.45) is 0 Å². The zero-order valence-corrected chi connectivity index (χ0v) is 13.8. The molecule has 0 saturated carbocycles. The van der Waals surface area contributed by atoms with E-state index in [1.165, 1.54) is 32.7 Å². The maximum absolute atomic E-state index is 6.48. The quantitative estimate of drug-likeness (QED) is 0.363. The van der Waals surface area contributed by atoms with Gasteiger partial charge in [-0.25, -0.2) is 0 Å². The molecule has 0 unspecified atom stereocenters. The Morgan fingerprint density at radius 2 is 1.17 bits per heavy atom. The molecule has 0 radical (unpaired) electrons. The molecule has 116 valence electrons. The van der Waals surface area contributed by atoms with Crippen LogP contribution in [0.5, 0.6) is 11.5 Å². The van der Waals surface area contributed by atoms with E-state index >= 15 is 0 Å². The Morgan fingerprint density at radius 3 is 1.67 bits per heavy atom. The van der Waals surface area contributed by atoms with Crippen molar-refractivity contribution in [3.63, 3.8) is 0 Å². The van der Waals surface area contributed by atoms with E-state index in [1.54, 1.807) is 0 Å². The fourth-order valence-electron chi connectivity index (χ4n) is 3.87. The third-order valence-corrected chi connectivity index (χ3v) is 5.24. The topological polar surface area (TPSA) is 9.23 Å². The Balaban J connectivity index is 1.87. The molecule has 1 nitrogen and oxygen atoms in total. The van der Waals surface area contributed by atoms with E-state index < -0.39 is 0 Å². The van der Waals surface area contributed by atoms with Gasteiger partial charge in [0.25, 0.3) is 0 Å². The minimum absolute atomic E-state index is 0.127. The number of alkyl halides is 1. The van der Waals surface area contributed by atoms with Gasteiger partial charge in [0.15, 0.2) is 0 Å². The first kappa shape index (κ1) is 13.9. The van der Waals surface area contributed by atoms with Crippen molar-refractivity contribution in [2.45, 2.75) is 5.92 Å². The third kappa shape index (κ3) is 1.88. The van der Waals surface area contributed by atoms with Crippen LogP contribution in [-0.4, -0.2) is 5.88 Å². The number of ether oxygens (including phenoxy) is 1. The third-order valence-electron chi connectivity index (χ3n) is 4.93. The summed E-state index contributed by atoms with van der Waals surface area (Å²) in [7, 11) is 0. The molecule has 1 heterocycles. The highest BCUT2D eigenvalue weighted by Gasteiger charge is 2.30. The summed E-state index contributed by atoms with van der Waals surface area (Å²) in [6.45, 7) is 0. The van der Waals surface area contributed by atoms with E-state index in [1.807, 2.05) is 0 Å². The molecule has 2 heteroatoms. The first-order valence-corrected chi connectivity index (χ1v) is 8.67. The second-order valence-electron chi connectivity index (χ2n) is 6.21. The first-order chi connectivity index (χ1) is 11.9. The van der Waals surface area contributed by atoms with Gasteiger partial charge in [-0.3, -0.25) is 0 Å². The van der Waals surface area contributed by atoms with Crippen molar-refractivity contribution in [3.05, 3.63) is 83.9 Å². The molecule has 5 rings (SSSR count). The molecule has 0 aromatic heterocycles. The molecule has 24 heavy (non-hydrogen) atoms. The molecule has 0 bridgehead atoms. The summed E-state index contributed by atoms with van der Waals surface area (Å²) in [5, 5.41) is 4.88. The van der Waals surface area contributed by atoms with Crippen molar-refractivity contribution >= 4 is 33.1 Å². The molecule has 0 atom stereocenters. The minimum Gasteiger partial charge on any atom is -0.457 e. The van der Waals surface area contributed by atoms with Crippen molar-refractivity contribution in [1.82, 2.24) is 0 Å². The average molecular weight is 331 g/mol. The van der Waals surface area contributed by atoms with Crippen molar-refractivity contribution in [2.75, 3.05) is 5.88 Å². The Bertz CT molecular complexity index is 998. The largest absolute Gasteiger partial charge is 0.457 e. The molecule has 4 aromatic carbocycles. The van der Waals surface area contributed by atoms with Gasteiger partial charge >= 0.3 is 0 Å². The van der Waals surface area contributed by atoms with Gasteiger partial charge < -0.3 is 4.74 Å². The lowest BCUT2D eigenvalue weighted by Gasteiger charge is -2.29. The monoisotopic (exact) mass is 330 g/mol. The lowest BCUT2D eigenvalue weighted by atomic mass is 9.83. The molecular formula is C22H15ClO. The highest BCUT2D eigenvalue weighted by Crippen LogP contribution is 2.49. The predicted molar refractivity (Wildman–Crippen MR) is 101 cm³/mol. The van der Waals surface area contributed by atoms with E-state index in [4.69, 9.17) is 16.3 Å². The fraction of sp³-hybridized carbons (Fsp3) is 0.0909. The zero-order chi connectivity index (χ0) is 16.1. The van der Waals surface area contributed by atoms with Crippen molar-refractivity contribution in [1.29, 1.82) is 0 Å². The van der Waals surface area contributed by atoms with Crippen LogP contribution in [0.4, 0.5) is 0 Å². The van der Waals surface area contributed by atoms with Gasteiger partial charge in [0.1, 0.15) is 11.5 Å². The van der Waals surface area contributed by atoms with E-state index in [0.29, 0.717) is 5.88 Å². The molecule has 1 aliphatic heterocycles. The number of hydrogen-bond acceptors (Lipinski definition) is 1. The standard InChI is InChI=1S/C22H15ClO/c23-13-18-21-16-7-3-1-5-14(16)9-11-19(21)24-20-12-10-15-6-2-4-8-17(15)22(18)20/h1-12,18H,13H2. The minimum atomic E-state index is 0.127. The molecule has 4 aromatic rings. The highest BCUT2D eigenvalue weighted by atomic mass is 35.5. The molecule has 0 aliphatic carbocycles. The second kappa shape index (κ2) is 5.25. The van der Waals surface area contributed by atoms with Crippen LogP contribution in [0.3, 0.4) is 0 Å². The number of halogens is 1. The predicted octanol–water partition coefficient (Wildman–Crippen LogP) is 6.47. The highest BCUT2D eigenvalue weighted by molar-refractivity contribution is 6.19. The van der Waals surface area contributed by atoms with Crippen LogP contribution in [0.15, 0.2) is 72.8 Å². The van der Waals surface area contributed by atoms with Gasteiger partial charge in [-0.2, -0.15) is 0 Å². The first-order valence-electron chi connectivity index (χ1n) is 8.14. The fourth-order valence-corrected chi connectivity index (χ4v) is 4.17. The summed E-state index contributed by atoms with van der Waals surface area (Å²) in [6.07, 6.45) is 0. The lowest BCUT2D eigenvalue weighted by Crippen LogP contribution is -2.12. The van der Waals surface area contributed by atoms with Crippen LogP contribution in [0.2, 0.25) is 0 Å². The molecular weight excluding hydrogens is 316 g/mol. The van der Waals surface area contributed by atoms with Gasteiger partial charge in [-0.05, 0) is 33.7 Å². The maximum Gasteiger partial charge on any atom is 0.131 e. The summed E-state index contributed by atoms with van der Waals surface area (Å²) in [6, 6.07) is 25.2. The summed E-state index contributed by atoms with van der Waals surface area (Å²) >= 11 is 6.48. The molecule has 0 fully saturated rings. The van der Waals surface area contributed by atoms with E-state index in [0.717, 1.165) is 11.5 Å². The Kier molecular flexibility index (Phi) is 3.04. The van der Waals surface area contributed by atoms with Crippen LogP contribution in [0, 0.1) is 0 Å². The number of hydrogen-bond donors (Lipinski definition) is 0. The van der Waals surface area contributed by atoms with Gasteiger partial charge in [0, 0.05) is 22.9 Å². The van der Waals surface area contributed by atoms with Crippen LogP contribution in [0.1, 0.15) is 17.0 Å². The normalized spacial score (nSPS) is 13.5. The number of benzene rings is 4. The van der Waals surface area contributed by atoms with Gasteiger partial charge in [0.05, 0.1) is 0 Å². The Morgan fingerprint density at radius 1 is 0.667 bits per heavy atom. The molecule has 1 aliphatic rings. The SMILES string of the molecule is ClCC1c2c(ccc3ccccc23)Oc2ccc3ccccc3c21. The maximum atomic E-state index is 6.48. The van der Waals surface area contributed by atoms with Gasteiger partial charge in [0.2, 0.25) is 0 Å². The van der Waals surface area contributed by atoms with Crippen LogP contribution in [0.25, 0.3) is 21.5 Å². The summed E-state index contributed by atoms with van der Waals surface area (Å²) in [5.41, 5.74) is 2.40. The summed E-state index contributed by atoms with van der Waals surface area (Å²) in [5.74, 6) is 2.50. The Hall–Kier alpha value is -2.51. The van der Waals surface area contributed by atoms with Crippen LogP contribution < -0.4 is 4.74 Å². The van der Waals surface area contributed by atoms with E-state index in [-0.39, 0.29) is 5.92 Å². The second-order valence-corrected chi connectivity index (χ2v) is 6.51. The summed E-state index contributed by atoms with van der Waals surface area (Å²) in [4.78, 5) is 0. The van der Waals surface area contributed by atoms with E-state index in [2.05, 4.69) is 72.8 Å².